The van der Waals surface area contributed by atoms with Gasteiger partial charge in [0.15, 0.2) is 0 Å². The van der Waals surface area contributed by atoms with Gasteiger partial charge in [0.1, 0.15) is 0 Å². The van der Waals surface area contributed by atoms with Crippen LogP contribution in [-0.4, -0.2) is 19.1 Å². The van der Waals surface area contributed by atoms with E-state index in [2.05, 4.69) is 54.0 Å². The fourth-order valence-electron chi connectivity index (χ4n) is 2.81. The lowest BCUT2D eigenvalue weighted by Crippen LogP contribution is -2.42. The van der Waals surface area contributed by atoms with E-state index in [1.165, 1.54) is 41.3 Å². The molecule has 1 saturated heterocycles. The first-order chi connectivity index (χ1) is 9.31. The number of fused-ring (bicyclic) bond motifs is 1. The molecule has 0 spiro atoms. The third-order valence-electron chi connectivity index (χ3n) is 3.95. The van der Waals surface area contributed by atoms with Crippen molar-refractivity contribution in [2.75, 3.05) is 13.1 Å². The summed E-state index contributed by atoms with van der Waals surface area (Å²) in [6.07, 6.45) is 2.58. The van der Waals surface area contributed by atoms with Crippen LogP contribution in [0, 0.1) is 6.92 Å². The van der Waals surface area contributed by atoms with Crippen LogP contribution < -0.4 is 10.6 Å². The summed E-state index contributed by atoms with van der Waals surface area (Å²) in [6, 6.07) is 14.1. The summed E-state index contributed by atoms with van der Waals surface area (Å²) in [6.45, 7) is 5.39. The molecule has 2 heteroatoms. The highest BCUT2D eigenvalue weighted by Crippen LogP contribution is 2.18. The number of benzene rings is 2. The highest BCUT2D eigenvalue weighted by atomic mass is 15.0. The second-order valence-electron chi connectivity index (χ2n) is 5.61. The second-order valence-corrected chi connectivity index (χ2v) is 5.61. The minimum Gasteiger partial charge on any atom is -0.315 e. The second kappa shape index (κ2) is 5.72. The summed E-state index contributed by atoms with van der Waals surface area (Å²) >= 11 is 0. The third kappa shape index (κ3) is 3.14. The number of hydrogen-bond acceptors (Lipinski definition) is 2. The fraction of sp³-hybridized carbons (Fsp3) is 0.412. The molecule has 19 heavy (non-hydrogen) atoms. The molecule has 1 atom stereocenters. The summed E-state index contributed by atoms with van der Waals surface area (Å²) in [4.78, 5) is 0. The van der Waals surface area contributed by atoms with Crippen LogP contribution in [0.3, 0.4) is 0 Å². The lowest BCUT2D eigenvalue weighted by Gasteiger charge is -2.24. The largest absolute Gasteiger partial charge is 0.315 e. The van der Waals surface area contributed by atoms with Crippen molar-refractivity contribution in [2.45, 2.75) is 32.4 Å². The van der Waals surface area contributed by atoms with E-state index in [0.717, 1.165) is 13.1 Å². The summed E-state index contributed by atoms with van der Waals surface area (Å²) in [5.74, 6) is 0. The van der Waals surface area contributed by atoms with Crippen molar-refractivity contribution in [3.63, 3.8) is 0 Å². The molecule has 2 aromatic carbocycles. The van der Waals surface area contributed by atoms with E-state index >= 15 is 0 Å². The molecule has 0 radical (unpaired) electrons. The molecule has 1 aliphatic rings. The van der Waals surface area contributed by atoms with Gasteiger partial charge in [-0.2, -0.15) is 0 Å². The average Bonchev–Trinajstić information content (AvgIpc) is 2.46. The van der Waals surface area contributed by atoms with E-state index in [1.54, 1.807) is 0 Å². The van der Waals surface area contributed by atoms with Gasteiger partial charge in [0.2, 0.25) is 0 Å². The fourth-order valence-corrected chi connectivity index (χ4v) is 2.81. The maximum Gasteiger partial charge on any atom is 0.0208 e. The number of nitrogens with one attached hydrogen (secondary N) is 2. The van der Waals surface area contributed by atoms with Crippen LogP contribution in [0.15, 0.2) is 36.4 Å². The van der Waals surface area contributed by atoms with Crippen LogP contribution in [0.2, 0.25) is 0 Å². The van der Waals surface area contributed by atoms with Crippen molar-refractivity contribution in [1.29, 1.82) is 0 Å². The molecule has 3 rings (SSSR count). The summed E-state index contributed by atoms with van der Waals surface area (Å²) in [5.41, 5.74) is 2.70. The van der Waals surface area contributed by atoms with Gasteiger partial charge in [-0.25, -0.2) is 0 Å². The minimum absolute atomic E-state index is 0.627. The first-order valence-corrected chi connectivity index (χ1v) is 7.25. The minimum atomic E-state index is 0.627. The Labute approximate surface area is 115 Å². The Morgan fingerprint density at radius 3 is 2.84 bits per heavy atom. The van der Waals surface area contributed by atoms with Gasteiger partial charge < -0.3 is 10.6 Å². The standard InChI is InChI=1S/C17H22N2/c1-13-4-6-16-10-14(5-7-15(16)9-13)11-19-17-3-2-8-18-12-17/h4-7,9-10,17-19H,2-3,8,11-12H2,1H3. The molecule has 0 saturated carbocycles. The monoisotopic (exact) mass is 254 g/mol. The number of rotatable bonds is 3. The van der Waals surface area contributed by atoms with Crippen molar-refractivity contribution >= 4 is 10.8 Å². The third-order valence-corrected chi connectivity index (χ3v) is 3.95. The Morgan fingerprint density at radius 1 is 1.16 bits per heavy atom. The average molecular weight is 254 g/mol. The van der Waals surface area contributed by atoms with Gasteiger partial charge >= 0.3 is 0 Å². The van der Waals surface area contributed by atoms with E-state index in [4.69, 9.17) is 0 Å². The molecule has 1 fully saturated rings. The zero-order chi connectivity index (χ0) is 13.1. The van der Waals surface area contributed by atoms with E-state index < -0.39 is 0 Å². The molecule has 100 valence electrons. The molecule has 1 heterocycles. The first-order valence-electron chi connectivity index (χ1n) is 7.25. The molecule has 0 aliphatic carbocycles. The van der Waals surface area contributed by atoms with Crippen LogP contribution in [0.25, 0.3) is 10.8 Å². The number of piperidine rings is 1. The Kier molecular flexibility index (Phi) is 3.81. The topological polar surface area (TPSA) is 24.1 Å². The van der Waals surface area contributed by atoms with Gasteiger partial charge in [-0.15, -0.1) is 0 Å². The smallest absolute Gasteiger partial charge is 0.0208 e. The maximum atomic E-state index is 3.65. The lowest BCUT2D eigenvalue weighted by atomic mass is 10.0. The van der Waals surface area contributed by atoms with E-state index in [-0.39, 0.29) is 0 Å². The number of aryl methyl sites for hydroxylation is 1. The molecule has 2 nitrogen and oxygen atoms in total. The Hall–Kier alpha value is -1.38. The molecular formula is C17H22N2. The quantitative estimate of drug-likeness (QED) is 0.880. The van der Waals surface area contributed by atoms with Gasteiger partial charge in [0.05, 0.1) is 0 Å². The highest BCUT2D eigenvalue weighted by Gasteiger charge is 2.11. The molecule has 1 unspecified atom stereocenters. The molecule has 0 amide bonds. The van der Waals surface area contributed by atoms with Crippen molar-refractivity contribution in [3.8, 4) is 0 Å². The summed E-state index contributed by atoms with van der Waals surface area (Å²) in [5, 5.41) is 9.77. The number of hydrogen-bond donors (Lipinski definition) is 2. The van der Waals surface area contributed by atoms with Crippen molar-refractivity contribution in [3.05, 3.63) is 47.5 Å². The van der Waals surface area contributed by atoms with Gasteiger partial charge in [-0.05, 0) is 48.7 Å². The zero-order valence-corrected chi connectivity index (χ0v) is 11.6. The molecule has 1 aliphatic heterocycles. The van der Waals surface area contributed by atoms with Crippen LogP contribution >= 0.6 is 0 Å². The first kappa shape index (κ1) is 12.6. The van der Waals surface area contributed by atoms with E-state index in [0.29, 0.717) is 6.04 Å². The molecule has 2 N–H and O–H groups in total. The van der Waals surface area contributed by atoms with E-state index in [9.17, 15) is 0 Å². The van der Waals surface area contributed by atoms with Gasteiger partial charge in [0.25, 0.3) is 0 Å². The van der Waals surface area contributed by atoms with Crippen LogP contribution in [0.4, 0.5) is 0 Å². The predicted molar refractivity (Wildman–Crippen MR) is 81.4 cm³/mol. The van der Waals surface area contributed by atoms with Crippen LogP contribution in [-0.2, 0) is 6.54 Å². The van der Waals surface area contributed by atoms with E-state index in [1.807, 2.05) is 0 Å². The van der Waals surface area contributed by atoms with Crippen LogP contribution in [0.5, 0.6) is 0 Å². The lowest BCUT2D eigenvalue weighted by molar-refractivity contribution is 0.389. The van der Waals surface area contributed by atoms with Crippen molar-refractivity contribution in [2.24, 2.45) is 0 Å². The maximum absolute atomic E-state index is 3.65. The Morgan fingerprint density at radius 2 is 2.00 bits per heavy atom. The molecular weight excluding hydrogens is 232 g/mol. The van der Waals surface area contributed by atoms with Crippen molar-refractivity contribution < 1.29 is 0 Å². The molecule has 2 aromatic rings. The van der Waals surface area contributed by atoms with Gasteiger partial charge in [-0.1, -0.05) is 35.9 Å². The highest BCUT2D eigenvalue weighted by molar-refractivity contribution is 5.83. The van der Waals surface area contributed by atoms with Crippen molar-refractivity contribution in [1.82, 2.24) is 10.6 Å². The molecule has 0 bridgehead atoms. The summed E-state index contributed by atoms with van der Waals surface area (Å²) in [7, 11) is 0. The Balaban J connectivity index is 1.69. The molecule has 0 aromatic heterocycles. The van der Waals surface area contributed by atoms with Gasteiger partial charge in [-0.3, -0.25) is 0 Å². The normalized spacial score (nSPS) is 19.7. The SMILES string of the molecule is Cc1ccc2cc(CNC3CCCNC3)ccc2c1. The Bertz CT molecular complexity index is 556. The van der Waals surface area contributed by atoms with Gasteiger partial charge in [0, 0.05) is 19.1 Å². The zero-order valence-electron chi connectivity index (χ0n) is 11.6. The van der Waals surface area contributed by atoms with Crippen LogP contribution in [0.1, 0.15) is 24.0 Å². The predicted octanol–water partition coefficient (Wildman–Crippen LogP) is 2.99. The summed E-state index contributed by atoms with van der Waals surface area (Å²) < 4.78 is 0.